The van der Waals surface area contributed by atoms with Gasteiger partial charge in [0.15, 0.2) is 9.84 Å². The number of nitrogens with zero attached hydrogens (tertiary/aromatic N) is 1. The van der Waals surface area contributed by atoms with Crippen LogP contribution in [0, 0.1) is 5.82 Å². The van der Waals surface area contributed by atoms with Crippen molar-refractivity contribution in [3.8, 4) is 0 Å². The fourth-order valence-electron chi connectivity index (χ4n) is 1.70. The van der Waals surface area contributed by atoms with Crippen LogP contribution >= 0.6 is 0 Å². The number of amides is 1. The molecule has 0 saturated heterocycles. The summed E-state index contributed by atoms with van der Waals surface area (Å²) in [5.41, 5.74) is 0.622. The van der Waals surface area contributed by atoms with Gasteiger partial charge in [0.05, 0.1) is 0 Å². The predicted molar refractivity (Wildman–Crippen MR) is 71.8 cm³/mol. The number of halogens is 1. The number of sulfone groups is 1. The molecule has 0 bridgehead atoms. The van der Waals surface area contributed by atoms with E-state index < -0.39 is 21.0 Å². The van der Waals surface area contributed by atoms with Gasteiger partial charge in [0.1, 0.15) is 11.1 Å². The number of rotatable bonds is 5. The highest BCUT2D eigenvalue weighted by Gasteiger charge is 2.28. The Bertz CT molecular complexity index is 557. The summed E-state index contributed by atoms with van der Waals surface area (Å²) < 4.78 is 36.3. The summed E-state index contributed by atoms with van der Waals surface area (Å²) >= 11 is 0. The van der Waals surface area contributed by atoms with Gasteiger partial charge in [0, 0.05) is 19.3 Å². The molecular weight excluding hydrogens is 269 g/mol. The lowest BCUT2D eigenvalue weighted by atomic mass is 10.2. The molecule has 0 spiro atoms. The molecule has 19 heavy (non-hydrogen) atoms. The van der Waals surface area contributed by atoms with E-state index in [1.807, 2.05) is 0 Å². The minimum atomic E-state index is -3.41. The van der Waals surface area contributed by atoms with Crippen LogP contribution in [-0.4, -0.2) is 37.3 Å². The van der Waals surface area contributed by atoms with Crippen molar-refractivity contribution in [2.24, 2.45) is 0 Å². The molecule has 0 aromatic heterocycles. The molecule has 0 radical (unpaired) electrons. The standard InChI is InChI=1S/C13H18FNO3S/c1-4-19(17,18)10(2)13(16)15(3)9-11-6-5-7-12(14)8-11/h5-8,10H,4,9H2,1-3H3. The van der Waals surface area contributed by atoms with Gasteiger partial charge in [-0.25, -0.2) is 12.8 Å². The average molecular weight is 287 g/mol. The van der Waals surface area contributed by atoms with E-state index in [0.717, 1.165) is 0 Å². The molecule has 0 heterocycles. The van der Waals surface area contributed by atoms with Crippen molar-refractivity contribution < 1.29 is 17.6 Å². The fraction of sp³-hybridized carbons (Fsp3) is 0.462. The van der Waals surface area contributed by atoms with E-state index in [1.165, 1.54) is 37.9 Å². The lowest BCUT2D eigenvalue weighted by molar-refractivity contribution is -0.129. The number of benzene rings is 1. The molecule has 1 rings (SSSR count). The SMILES string of the molecule is CCS(=O)(=O)C(C)C(=O)N(C)Cc1cccc(F)c1. The molecule has 0 N–H and O–H groups in total. The van der Waals surface area contributed by atoms with Gasteiger partial charge >= 0.3 is 0 Å². The van der Waals surface area contributed by atoms with Crippen LogP contribution in [0.3, 0.4) is 0 Å². The van der Waals surface area contributed by atoms with Crippen LogP contribution in [0.1, 0.15) is 19.4 Å². The van der Waals surface area contributed by atoms with E-state index in [1.54, 1.807) is 12.1 Å². The first-order valence-corrected chi connectivity index (χ1v) is 7.70. The molecule has 6 heteroatoms. The van der Waals surface area contributed by atoms with Gasteiger partial charge in [-0.2, -0.15) is 0 Å². The summed E-state index contributed by atoms with van der Waals surface area (Å²) in [6, 6.07) is 5.87. The molecular formula is C13H18FNO3S. The third-order valence-electron chi connectivity index (χ3n) is 2.97. The Morgan fingerprint density at radius 3 is 2.58 bits per heavy atom. The predicted octanol–water partition coefficient (Wildman–Crippen LogP) is 1.61. The van der Waals surface area contributed by atoms with Crippen molar-refractivity contribution in [3.63, 3.8) is 0 Å². The van der Waals surface area contributed by atoms with Gasteiger partial charge in [-0.3, -0.25) is 4.79 Å². The molecule has 0 aliphatic carbocycles. The molecule has 4 nitrogen and oxygen atoms in total. The van der Waals surface area contributed by atoms with E-state index in [2.05, 4.69) is 0 Å². The Morgan fingerprint density at radius 1 is 1.42 bits per heavy atom. The second kappa shape index (κ2) is 6.14. The first-order valence-electron chi connectivity index (χ1n) is 5.99. The molecule has 0 aliphatic rings. The first-order chi connectivity index (χ1) is 8.77. The van der Waals surface area contributed by atoms with Crippen LogP contribution in [0.25, 0.3) is 0 Å². The molecule has 106 valence electrons. The number of carbonyl (C=O) groups is 1. The van der Waals surface area contributed by atoms with Gasteiger partial charge in [0.2, 0.25) is 5.91 Å². The summed E-state index contributed by atoms with van der Waals surface area (Å²) in [7, 11) is -1.90. The molecule has 1 atom stereocenters. The number of hydrogen-bond donors (Lipinski definition) is 0. The first kappa shape index (κ1) is 15.6. The zero-order valence-electron chi connectivity index (χ0n) is 11.3. The number of carbonyl (C=O) groups excluding carboxylic acids is 1. The summed E-state index contributed by atoms with van der Waals surface area (Å²) in [5.74, 6) is -0.938. The highest BCUT2D eigenvalue weighted by atomic mass is 32.2. The van der Waals surface area contributed by atoms with Gasteiger partial charge in [0.25, 0.3) is 0 Å². The Hall–Kier alpha value is -1.43. The van der Waals surface area contributed by atoms with E-state index in [9.17, 15) is 17.6 Å². The van der Waals surface area contributed by atoms with Crippen LogP contribution in [-0.2, 0) is 21.2 Å². The minimum Gasteiger partial charge on any atom is -0.340 e. The van der Waals surface area contributed by atoms with Gasteiger partial charge in [-0.1, -0.05) is 19.1 Å². The molecule has 1 unspecified atom stereocenters. The van der Waals surface area contributed by atoms with Crippen LogP contribution in [0.15, 0.2) is 24.3 Å². The lowest BCUT2D eigenvalue weighted by Crippen LogP contribution is -2.39. The zero-order chi connectivity index (χ0) is 14.6. The Morgan fingerprint density at radius 2 is 2.05 bits per heavy atom. The minimum absolute atomic E-state index is 0.0757. The van der Waals surface area contributed by atoms with Gasteiger partial charge in [-0.05, 0) is 24.6 Å². The third kappa shape index (κ3) is 4.02. The zero-order valence-corrected chi connectivity index (χ0v) is 12.1. The molecule has 1 aromatic rings. The smallest absolute Gasteiger partial charge is 0.240 e. The van der Waals surface area contributed by atoms with Crippen molar-refractivity contribution in [1.29, 1.82) is 0 Å². The molecule has 1 aromatic carbocycles. The molecule has 1 amide bonds. The van der Waals surface area contributed by atoms with Crippen LogP contribution in [0.2, 0.25) is 0 Å². The quantitative estimate of drug-likeness (QED) is 0.826. The summed E-state index contributed by atoms with van der Waals surface area (Å²) in [4.78, 5) is 13.3. The highest BCUT2D eigenvalue weighted by molar-refractivity contribution is 7.92. The lowest BCUT2D eigenvalue weighted by Gasteiger charge is -2.21. The topological polar surface area (TPSA) is 54.5 Å². The van der Waals surface area contributed by atoms with E-state index in [-0.39, 0.29) is 18.1 Å². The summed E-state index contributed by atoms with van der Waals surface area (Å²) in [5, 5.41) is -1.07. The summed E-state index contributed by atoms with van der Waals surface area (Å²) in [6.07, 6.45) is 0. The summed E-state index contributed by atoms with van der Waals surface area (Å²) in [6.45, 7) is 3.06. The maximum absolute atomic E-state index is 13.0. The van der Waals surface area contributed by atoms with Gasteiger partial charge < -0.3 is 4.90 Å². The second-order valence-corrected chi connectivity index (χ2v) is 7.03. The van der Waals surface area contributed by atoms with Crippen molar-refractivity contribution in [3.05, 3.63) is 35.6 Å². The van der Waals surface area contributed by atoms with Crippen LogP contribution in [0.4, 0.5) is 4.39 Å². The fourth-order valence-corrected chi connectivity index (χ4v) is 2.69. The van der Waals surface area contributed by atoms with E-state index >= 15 is 0 Å². The monoisotopic (exact) mass is 287 g/mol. The number of hydrogen-bond acceptors (Lipinski definition) is 3. The largest absolute Gasteiger partial charge is 0.340 e. The van der Waals surface area contributed by atoms with E-state index in [0.29, 0.717) is 5.56 Å². The Labute approximate surface area is 113 Å². The maximum Gasteiger partial charge on any atom is 0.240 e. The Kier molecular flexibility index (Phi) is 5.05. The third-order valence-corrected chi connectivity index (χ3v) is 5.06. The van der Waals surface area contributed by atoms with Crippen molar-refractivity contribution in [2.75, 3.05) is 12.8 Å². The van der Waals surface area contributed by atoms with Crippen molar-refractivity contribution in [2.45, 2.75) is 25.6 Å². The maximum atomic E-state index is 13.0. The average Bonchev–Trinajstić information content (AvgIpc) is 2.36. The van der Waals surface area contributed by atoms with Crippen LogP contribution in [0.5, 0.6) is 0 Å². The second-order valence-electron chi connectivity index (χ2n) is 4.42. The van der Waals surface area contributed by atoms with Crippen molar-refractivity contribution >= 4 is 15.7 Å². The molecule has 0 saturated carbocycles. The normalized spacial score (nSPS) is 13.1. The molecule has 0 fully saturated rings. The van der Waals surface area contributed by atoms with E-state index in [4.69, 9.17) is 0 Å². The van der Waals surface area contributed by atoms with Crippen molar-refractivity contribution in [1.82, 2.24) is 4.90 Å². The Balaban J connectivity index is 2.79. The van der Waals surface area contributed by atoms with Gasteiger partial charge in [-0.15, -0.1) is 0 Å². The van der Waals surface area contributed by atoms with Crippen LogP contribution < -0.4 is 0 Å². The molecule has 0 aliphatic heterocycles. The highest BCUT2D eigenvalue weighted by Crippen LogP contribution is 2.10.